The van der Waals surface area contributed by atoms with Gasteiger partial charge in [0.15, 0.2) is 30.3 Å². The lowest BCUT2D eigenvalue weighted by molar-refractivity contribution is -0.375. The number of hydrogen-bond acceptors (Lipinski definition) is 12. The van der Waals surface area contributed by atoms with Crippen LogP contribution in [-0.4, -0.2) is 97.4 Å². The molecule has 0 saturated carbocycles. The molecule has 14 nitrogen and oxygen atoms in total. The molecule has 6 aromatic rings. The first kappa shape index (κ1) is 44.5. The number of aromatic nitrogens is 1. The number of nitrogens with zero attached hydrogens (tertiary/aromatic N) is 2. The summed E-state index contributed by atoms with van der Waals surface area (Å²) < 4.78 is 53.9. The minimum absolute atomic E-state index is 0.139. The van der Waals surface area contributed by atoms with E-state index in [1.165, 1.54) is 0 Å². The molecule has 3 aliphatic heterocycles. The van der Waals surface area contributed by atoms with Gasteiger partial charge in [0.05, 0.1) is 34.4 Å². The van der Waals surface area contributed by atoms with E-state index in [1.807, 2.05) is 69.9 Å². The van der Waals surface area contributed by atoms with Gasteiger partial charge in [-0.05, 0) is 92.2 Å². The summed E-state index contributed by atoms with van der Waals surface area (Å²) in [4.78, 5) is 55.7. The summed E-state index contributed by atoms with van der Waals surface area (Å²) in [5.74, 6) is -3.11. The van der Waals surface area contributed by atoms with E-state index in [-0.39, 0.29) is 28.9 Å². The van der Waals surface area contributed by atoms with Crippen molar-refractivity contribution in [1.29, 1.82) is 0 Å². The van der Waals surface area contributed by atoms with Crippen LogP contribution < -0.4 is 0 Å². The lowest BCUT2D eigenvalue weighted by Crippen LogP contribution is -2.63. The fourth-order valence-corrected chi connectivity index (χ4v) is 8.60. The molecule has 0 radical (unpaired) electrons. The molecule has 338 valence electrons. The van der Waals surface area contributed by atoms with Gasteiger partial charge < -0.3 is 46.7 Å². The highest BCUT2D eigenvalue weighted by Crippen LogP contribution is 2.40. The van der Waals surface area contributed by atoms with Crippen molar-refractivity contribution in [3.63, 3.8) is 0 Å². The van der Waals surface area contributed by atoms with E-state index in [1.54, 1.807) is 136 Å². The Hall–Kier alpha value is -7.69. The molecule has 5 atom stereocenters. The average Bonchev–Trinajstić information content (AvgIpc) is 4.09. The number of hydrogen-bond donors (Lipinski definition) is 0. The van der Waals surface area contributed by atoms with E-state index in [0.29, 0.717) is 5.56 Å². The zero-order chi connectivity index (χ0) is 46.3. The highest BCUT2D eigenvalue weighted by Gasteiger charge is 2.55. The maximum atomic E-state index is 14.1. The highest BCUT2D eigenvalue weighted by atomic mass is 16.7. The Morgan fingerprint density at radius 2 is 1.10 bits per heavy atom. The molecule has 1 aromatic heterocycles. The van der Waals surface area contributed by atoms with Gasteiger partial charge in [0.2, 0.25) is 0 Å². The smallest absolute Gasteiger partial charge is 0.486 e. The van der Waals surface area contributed by atoms with Gasteiger partial charge in [-0.1, -0.05) is 97.1 Å². The third-order valence-corrected chi connectivity index (χ3v) is 11.8. The Kier molecular flexibility index (Phi) is 13.2. The van der Waals surface area contributed by atoms with Crippen molar-refractivity contribution in [2.75, 3.05) is 20.8 Å². The molecule has 1 saturated heterocycles. The zero-order valence-corrected chi connectivity index (χ0v) is 36.5. The van der Waals surface area contributed by atoms with Crippen molar-refractivity contribution >= 4 is 42.5 Å². The predicted molar refractivity (Wildman–Crippen MR) is 245 cm³/mol. The van der Waals surface area contributed by atoms with Gasteiger partial charge in [-0.25, -0.2) is 19.2 Å². The number of benzene rings is 5. The normalized spacial score (nSPS) is 20.2. The van der Waals surface area contributed by atoms with E-state index in [0.717, 1.165) is 22.5 Å². The van der Waals surface area contributed by atoms with E-state index in [4.69, 9.17) is 37.7 Å². The number of allylic oxidation sites excluding steroid dienone is 2. The molecule has 9 rings (SSSR count). The summed E-state index contributed by atoms with van der Waals surface area (Å²) in [5.41, 5.74) is 4.77. The van der Waals surface area contributed by atoms with E-state index < -0.39 is 68.0 Å². The molecular formula is C52H45BN2O12. The Morgan fingerprint density at radius 1 is 0.597 bits per heavy atom. The van der Waals surface area contributed by atoms with Crippen LogP contribution in [0.25, 0.3) is 5.57 Å². The van der Waals surface area contributed by atoms with Crippen molar-refractivity contribution in [3.8, 4) is 0 Å². The Labute approximate surface area is 386 Å². The van der Waals surface area contributed by atoms with Crippen LogP contribution in [0.1, 0.15) is 58.3 Å². The lowest BCUT2D eigenvalue weighted by atomic mass is 9.79. The van der Waals surface area contributed by atoms with Gasteiger partial charge >= 0.3 is 30.7 Å². The first-order chi connectivity index (χ1) is 32.8. The van der Waals surface area contributed by atoms with Crippen molar-refractivity contribution in [3.05, 3.63) is 221 Å². The maximum Gasteiger partial charge on any atom is 0.665 e. The summed E-state index contributed by atoms with van der Waals surface area (Å²) in [6.07, 6.45) is 0.174. The van der Waals surface area contributed by atoms with Crippen molar-refractivity contribution in [1.82, 2.24) is 4.48 Å². The summed E-state index contributed by atoms with van der Waals surface area (Å²) in [6, 6.07) is 44.5. The monoisotopic (exact) mass is 900 g/mol. The second kappa shape index (κ2) is 19.8. The molecule has 5 aromatic carbocycles. The van der Waals surface area contributed by atoms with E-state index >= 15 is 0 Å². The first-order valence-corrected chi connectivity index (χ1v) is 21.6. The van der Waals surface area contributed by atoms with Gasteiger partial charge in [-0.15, -0.1) is 0 Å². The largest absolute Gasteiger partial charge is 0.665 e. The van der Waals surface area contributed by atoms with Crippen LogP contribution in [0.2, 0.25) is 0 Å². The molecule has 67 heavy (non-hydrogen) atoms. The number of carbonyl (C=O) groups is 4. The zero-order valence-electron chi connectivity index (χ0n) is 36.5. The van der Waals surface area contributed by atoms with Gasteiger partial charge in [-0.2, -0.15) is 0 Å². The molecule has 0 bridgehead atoms. The number of rotatable bonds is 15. The Morgan fingerprint density at radius 3 is 1.67 bits per heavy atom. The van der Waals surface area contributed by atoms with Crippen LogP contribution in [-0.2, 0) is 44.3 Å². The predicted octanol–water partition coefficient (Wildman–Crippen LogP) is 7.27. The fourth-order valence-electron chi connectivity index (χ4n) is 8.60. The lowest BCUT2D eigenvalue weighted by Gasteiger charge is -2.44. The molecule has 0 amide bonds. The summed E-state index contributed by atoms with van der Waals surface area (Å²) in [5, 5.41) is 0. The van der Waals surface area contributed by atoms with E-state index in [9.17, 15) is 19.2 Å². The molecule has 3 aliphatic rings. The second-order valence-electron chi connectivity index (χ2n) is 15.8. The molecule has 0 unspecified atom stereocenters. The number of esters is 4. The summed E-state index contributed by atoms with van der Waals surface area (Å²) in [7, 11) is 3.20. The standard InChI is InChI=1S/C52H45BN2O12/c1-60-53(61-2)54-31-17-29-41(54)44(42-30-18-32-55(42)53)40-28-16-15-27-39(40)33-63-52-47(67-51(59)38-25-13-6-14-26-38)46(66-50(58)37-23-11-5-12-24-37)45(65-49(57)36-21-9-4-10-22-36)43(64-52)34-62-48(56)35-19-7-3-8-20-35/h3-32,43,45-47,52H,33-34H2,1-2H3/t43-,45-,46+,47+,52-/m1/s1. The molecule has 15 heteroatoms. The van der Waals surface area contributed by atoms with Crippen LogP contribution in [0, 0.1) is 0 Å². The van der Waals surface area contributed by atoms with E-state index in [2.05, 4.69) is 0 Å². The van der Waals surface area contributed by atoms with Crippen molar-refractivity contribution in [2.24, 2.45) is 0 Å². The minimum Gasteiger partial charge on any atom is -0.486 e. The minimum atomic E-state index is -2.15. The molecular weight excluding hydrogens is 855 g/mol. The number of carbonyl (C=O) groups excluding carboxylic acids is 4. The van der Waals surface area contributed by atoms with Crippen LogP contribution in [0.4, 0.5) is 0 Å². The topological polar surface area (TPSA) is 150 Å². The number of ether oxygens (including phenoxy) is 6. The SMILES string of the molecule is CO[B-]1(OC)n2cccc2C(c2ccccc2CO[C@@H]2O[C@H](COC(=O)c3ccccc3)[C@@H](OC(=O)c3ccccc3)[C@H](OC(=O)c3ccccc3)[C@@H]2OC(=O)c2ccccc2)=C2C=CC=[N+]21. The fraction of sp³-hybridized carbons (Fsp3) is 0.173. The molecule has 0 spiro atoms. The summed E-state index contributed by atoms with van der Waals surface area (Å²) in [6.45, 7) is -2.79. The van der Waals surface area contributed by atoms with Crippen LogP contribution in [0.3, 0.4) is 0 Å². The second-order valence-corrected chi connectivity index (χ2v) is 15.8. The average molecular weight is 901 g/mol. The third-order valence-electron chi connectivity index (χ3n) is 11.8. The van der Waals surface area contributed by atoms with Crippen molar-refractivity contribution in [2.45, 2.75) is 37.3 Å². The molecule has 0 aliphatic carbocycles. The summed E-state index contributed by atoms with van der Waals surface area (Å²) >= 11 is 0. The Bertz CT molecular complexity index is 2840. The molecule has 4 heterocycles. The number of fused-ring (bicyclic) bond motifs is 2. The molecule has 0 N–H and O–H groups in total. The maximum absolute atomic E-state index is 14.1. The first-order valence-electron chi connectivity index (χ1n) is 21.6. The van der Waals surface area contributed by atoms with Gasteiger partial charge in [0, 0.05) is 17.8 Å². The molecule has 1 fully saturated rings. The van der Waals surface area contributed by atoms with Gasteiger partial charge in [0.1, 0.15) is 18.9 Å². The van der Waals surface area contributed by atoms with Crippen molar-refractivity contribution < 1.29 is 61.4 Å². The quantitative estimate of drug-likeness (QED) is 0.0580. The van der Waals surface area contributed by atoms with Gasteiger partial charge in [-0.3, -0.25) is 0 Å². The van der Waals surface area contributed by atoms with Crippen LogP contribution in [0.5, 0.6) is 0 Å². The van der Waals surface area contributed by atoms with Gasteiger partial charge in [0.25, 0.3) is 0 Å². The highest BCUT2D eigenvalue weighted by molar-refractivity contribution is 6.59. The van der Waals surface area contributed by atoms with Crippen LogP contribution >= 0.6 is 0 Å². The Balaban J connectivity index is 1.12. The third kappa shape index (κ3) is 9.00. The van der Waals surface area contributed by atoms with Crippen LogP contribution in [0.15, 0.2) is 182 Å².